The van der Waals surface area contributed by atoms with Crippen LogP contribution in [0, 0.1) is 13.8 Å². The van der Waals surface area contributed by atoms with Crippen molar-refractivity contribution in [2.75, 3.05) is 0 Å². The molecule has 0 aliphatic rings. The fourth-order valence-electron chi connectivity index (χ4n) is 3.17. The number of benzene rings is 3. The largest absolute Gasteiger partial charge is 0.481 e. The SMILES string of the molecule is Cc1cc(C)cc(O[C@@H](C)C(=O)NC(c2ccccc2)c2ccccc2)c1. The predicted octanol–water partition coefficient (Wildman–Crippen LogP) is 4.98. The lowest BCUT2D eigenvalue weighted by molar-refractivity contribution is -0.127. The van der Waals surface area contributed by atoms with E-state index in [4.69, 9.17) is 4.74 Å². The van der Waals surface area contributed by atoms with Gasteiger partial charge in [-0.25, -0.2) is 0 Å². The van der Waals surface area contributed by atoms with E-state index in [-0.39, 0.29) is 11.9 Å². The number of carbonyl (C=O) groups is 1. The minimum absolute atomic E-state index is 0.146. The van der Waals surface area contributed by atoms with Gasteiger partial charge in [0.1, 0.15) is 5.75 Å². The molecule has 0 spiro atoms. The zero-order valence-corrected chi connectivity index (χ0v) is 16.0. The van der Waals surface area contributed by atoms with Crippen LogP contribution in [0.1, 0.15) is 35.2 Å². The first-order valence-electron chi connectivity index (χ1n) is 9.18. The van der Waals surface area contributed by atoms with E-state index < -0.39 is 6.10 Å². The summed E-state index contributed by atoms with van der Waals surface area (Å²) in [6.45, 7) is 5.82. The molecule has 0 bridgehead atoms. The fourth-order valence-corrected chi connectivity index (χ4v) is 3.17. The van der Waals surface area contributed by atoms with E-state index in [0.717, 1.165) is 22.3 Å². The van der Waals surface area contributed by atoms with Crippen molar-refractivity contribution in [3.8, 4) is 5.75 Å². The van der Waals surface area contributed by atoms with Gasteiger partial charge < -0.3 is 10.1 Å². The lowest BCUT2D eigenvalue weighted by Crippen LogP contribution is -2.39. The van der Waals surface area contributed by atoms with Gasteiger partial charge in [0.2, 0.25) is 0 Å². The van der Waals surface area contributed by atoms with Crippen molar-refractivity contribution in [1.82, 2.24) is 5.32 Å². The first-order valence-corrected chi connectivity index (χ1v) is 9.18. The summed E-state index contributed by atoms with van der Waals surface area (Å²) in [7, 11) is 0. The highest BCUT2D eigenvalue weighted by atomic mass is 16.5. The summed E-state index contributed by atoms with van der Waals surface area (Å²) >= 11 is 0. The van der Waals surface area contributed by atoms with Crippen LogP contribution >= 0.6 is 0 Å². The molecule has 0 fully saturated rings. The fraction of sp³-hybridized carbons (Fsp3) is 0.208. The number of hydrogen-bond donors (Lipinski definition) is 1. The lowest BCUT2D eigenvalue weighted by atomic mass is 9.98. The van der Waals surface area contributed by atoms with Gasteiger partial charge in [-0.3, -0.25) is 4.79 Å². The van der Waals surface area contributed by atoms with Crippen molar-refractivity contribution in [3.05, 3.63) is 101 Å². The molecule has 3 aromatic rings. The summed E-state index contributed by atoms with van der Waals surface area (Å²) < 4.78 is 5.90. The molecular formula is C24H25NO2. The van der Waals surface area contributed by atoms with Crippen molar-refractivity contribution in [2.24, 2.45) is 0 Å². The Bertz CT molecular complexity index is 831. The van der Waals surface area contributed by atoms with E-state index in [1.807, 2.05) is 86.6 Å². The molecule has 1 amide bonds. The van der Waals surface area contributed by atoms with Crippen LogP contribution in [-0.4, -0.2) is 12.0 Å². The summed E-state index contributed by atoms with van der Waals surface area (Å²) in [5.74, 6) is 0.568. The molecule has 27 heavy (non-hydrogen) atoms. The van der Waals surface area contributed by atoms with Crippen LogP contribution in [0.3, 0.4) is 0 Å². The van der Waals surface area contributed by atoms with Gasteiger partial charge in [0.25, 0.3) is 5.91 Å². The highest BCUT2D eigenvalue weighted by Gasteiger charge is 2.21. The van der Waals surface area contributed by atoms with Gasteiger partial charge in [0.15, 0.2) is 6.10 Å². The molecule has 1 N–H and O–H groups in total. The zero-order valence-electron chi connectivity index (χ0n) is 16.0. The average molecular weight is 359 g/mol. The number of hydrogen-bond acceptors (Lipinski definition) is 2. The molecule has 0 saturated heterocycles. The second-order valence-electron chi connectivity index (χ2n) is 6.85. The van der Waals surface area contributed by atoms with E-state index in [1.54, 1.807) is 6.92 Å². The van der Waals surface area contributed by atoms with E-state index in [9.17, 15) is 4.79 Å². The predicted molar refractivity (Wildman–Crippen MR) is 109 cm³/mol. The minimum atomic E-state index is -0.596. The van der Waals surface area contributed by atoms with Crippen LogP contribution in [0.5, 0.6) is 5.75 Å². The van der Waals surface area contributed by atoms with Gasteiger partial charge in [0.05, 0.1) is 6.04 Å². The second-order valence-corrected chi connectivity index (χ2v) is 6.85. The Morgan fingerprint density at radius 3 is 1.78 bits per heavy atom. The maximum Gasteiger partial charge on any atom is 0.261 e. The van der Waals surface area contributed by atoms with Gasteiger partial charge in [-0.15, -0.1) is 0 Å². The van der Waals surface area contributed by atoms with Crippen LogP contribution in [0.25, 0.3) is 0 Å². The Morgan fingerprint density at radius 2 is 1.30 bits per heavy atom. The Labute approximate surface area is 161 Å². The summed E-state index contributed by atoms with van der Waals surface area (Å²) in [6, 6.07) is 25.7. The van der Waals surface area contributed by atoms with Crippen molar-refractivity contribution in [2.45, 2.75) is 32.9 Å². The number of aryl methyl sites for hydroxylation is 2. The first-order chi connectivity index (χ1) is 13.0. The van der Waals surface area contributed by atoms with E-state index in [0.29, 0.717) is 5.75 Å². The highest BCUT2D eigenvalue weighted by molar-refractivity contribution is 5.81. The molecule has 3 rings (SSSR count). The maximum absolute atomic E-state index is 12.8. The maximum atomic E-state index is 12.8. The molecule has 3 heteroatoms. The van der Waals surface area contributed by atoms with Crippen LogP contribution in [-0.2, 0) is 4.79 Å². The van der Waals surface area contributed by atoms with Crippen LogP contribution in [0.4, 0.5) is 0 Å². The number of rotatable bonds is 6. The van der Waals surface area contributed by atoms with Crippen molar-refractivity contribution in [1.29, 1.82) is 0 Å². The second kappa shape index (κ2) is 8.54. The number of amides is 1. The molecule has 0 heterocycles. The standard InChI is InChI=1S/C24H25NO2/c1-17-14-18(2)16-22(15-17)27-19(3)24(26)25-23(20-10-6-4-7-11-20)21-12-8-5-9-13-21/h4-16,19,23H,1-3H3,(H,25,26)/t19-/m0/s1. The molecule has 0 saturated carbocycles. The lowest BCUT2D eigenvalue weighted by Gasteiger charge is -2.23. The normalized spacial score (nSPS) is 11.9. The summed E-state index contributed by atoms with van der Waals surface area (Å²) in [5, 5.41) is 3.13. The minimum Gasteiger partial charge on any atom is -0.481 e. The molecule has 138 valence electrons. The van der Waals surface area contributed by atoms with E-state index in [2.05, 4.69) is 11.4 Å². The topological polar surface area (TPSA) is 38.3 Å². The third-order valence-electron chi connectivity index (χ3n) is 4.43. The average Bonchev–Trinajstić information content (AvgIpc) is 2.66. The van der Waals surface area contributed by atoms with Gasteiger partial charge in [-0.05, 0) is 55.2 Å². The Morgan fingerprint density at radius 1 is 0.815 bits per heavy atom. The van der Waals surface area contributed by atoms with Crippen LogP contribution in [0.15, 0.2) is 78.9 Å². The van der Waals surface area contributed by atoms with Crippen LogP contribution in [0.2, 0.25) is 0 Å². The quantitative estimate of drug-likeness (QED) is 0.674. The van der Waals surface area contributed by atoms with E-state index in [1.165, 1.54) is 0 Å². The Hall–Kier alpha value is -3.07. The zero-order chi connectivity index (χ0) is 19.2. The first kappa shape index (κ1) is 18.7. The summed E-state index contributed by atoms with van der Waals surface area (Å²) in [5.41, 5.74) is 4.31. The van der Waals surface area contributed by atoms with Gasteiger partial charge in [-0.1, -0.05) is 66.7 Å². The van der Waals surface area contributed by atoms with Crippen molar-refractivity contribution >= 4 is 5.91 Å². The Balaban J connectivity index is 1.78. The molecule has 0 aliphatic carbocycles. The molecule has 3 nitrogen and oxygen atoms in total. The molecule has 0 aromatic heterocycles. The third-order valence-corrected chi connectivity index (χ3v) is 4.43. The highest BCUT2D eigenvalue weighted by Crippen LogP contribution is 2.23. The monoisotopic (exact) mass is 359 g/mol. The van der Waals surface area contributed by atoms with Gasteiger partial charge >= 0.3 is 0 Å². The van der Waals surface area contributed by atoms with Crippen molar-refractivity contribution in [3.63, 3.8) is 0 Å². The third kappa shape index (κ3) is 4.98. The number of nitrogens with one attached hydrogen (secondary N) is 1. The number of ether oxygens (including phenoxy) is 1. The smallest absolute Gasteiger partial charge is 0.261 e. The van der Waals surface area contributed by atoms with Gasteiger partial charge in [-0.2, -0.15) is 0 Å². The molecular weight excluding hydrogens is 334 g/mol. The Kier molecular flexibility index (Phi) is 5.92. The summed E-state index contributed by atoms with van der Waals surface area (Å²) in [6.07, 6.45) is -0.596. The van der Waals surface area contributed by atoms with Gasteiger partial charge in [0, 0.05) is 0 Å². The molecule has 0 unspecified atom stereocenters. The molecule has 1 atom stereocenters. The number of carbonyl (C=O) groups excluding carboxylic acids is 1. The molecule has 3 aromatic carbocycles. The van der Waals surface area contributed by atoms with Crippen LogP contribution < -0.4 is 10.1 Å². The summed E-state index contributed by atoms with van der Waals surface area (Å²) in [4.78, 5) is 12.8. The molecule has 0 aliphatic heterocycles. The molecule has 0 radical (unpaired) electrons. The van der Waals surface area contributed by atoms with E-state index >= 15 is 0 Å². The van der Waals surface area contributed by atoms with Crippen molar-refractivity contribution < 1.29 is 9.53 Å².